The molecule has 1 N–H and O–H groups in total. The summed E-state index contributed by atoms with van der Waals surface area (Å²) in [5.74, 6) is -0.206. The maximum absolute atomic E-state index is 12.2. The van der Waals surface area contributed by atoms with Crippen molar-refractivity contribution < 1.29 is 23.8 Å². The molecule has 0 heterocycles. The van der Waals surface area contributed by atoms with E-state index in [1.807, 2.05) is 19.9 Å². The van der Waals surface area contributed by atoms with E-state index in [9.17, 15) is 14.9 Å². The Bertz CT molecular complexity index is 1080. The normalized spacial score (nSPS) is 10.7. The highest BCUT2D eigenvalue weighted by Crippen LogP contribution is 2.29. The highest BCUT2D eigenvalue weighted by Gasteiger charge is 2.14. The summed E-state index contributed by atoms with van der Waals surface area (Å²) in [5, 5.41) is 12.4. The lowest BCUT2D eigenvalue weighted by atomic mass is 10.1. The number of hydrogen-bond acceptors (Lipinski definition) is 6. The number of nitrogens with one attached hydrogen (secondary N) is 1. The van der Waals surface area contributed by atoms with Crippen LogP contribution in [0.4, 0.5) is 0 Å². The minimum atomic E-state index is -0.627. The van der Waals surface area contributed by atoms with Gasteiger partial charge >= 0.3 is 5.97 Å². The maximum Gasteiger partial charge on any atom is 0.349 e. The van der Waals surface area contributed by atoms with Crippen LogP contribution in [0.5, 0.6) is 17.2 Å². The van der Waals surface area contributed by atoms with Crippen molar-refractivity contribution in [3.05, 3.63) is 70.3 Å². The Morgan fingerprint density at radius 1 is 1.19 bits per heavy atom. The topological polar surface area (TPSA) is 97.7 Å². The second-order valence-electron chi connectivity index (χ2n) is 6.71. The van der Waals surface area contributed by atoms with E-state index in [2.05, 4.69) is 11.9 Å². The zero-order valence-corrected chi connectivity index (χ0v) is 18.8. The van der Waals surface area contributed by atoms with E-state index in [1.165, 1.54) is 25.3 Å². The SMILES string of the molecule is C=CCNC(=O)C(C#N)=Cc1ccc(OC(=O)COc2cc(C)c(Cl)c(C)c2)c(OC)c1. The van der Waals surface area contributed by atoms with E-state index in [-0.39, 0.29) is 30.2 Å². The number of methoxy groups -OCH3 is 1. The fourth-order valence-corrected chi connectivity index (χ4v) is 2.83. The monoisotopic (exact) mass is 454 g/mol. The van der Waals surface area contributed by atoms with Crippen LogP contribution < -0.4 is 19.5 Å². The molecule has 0 aliphatic heterocycles. The van der Waals surface area contributed by atoms with Crippen molar-refractivity contribution in [1.29, 1.82) is 5.26 Å². The Labute approximate surface area is 191 Å². The van der Waals surface area contributed by atoms with Crippen molar-refractivity contribution in [1.82, 2.24) is 5.32 Å². The number of carbonyl (C=O) groups is 2. The van der Waals surface area contributed by atoms with E-state index in [0.29, 0.717) is 16.3 Å². The zero-order valence-electron chi connectivity index (χ0n) is 18.0. The maximum atomic E-state index is 12.2. The molecule has 0 saturated carbocycles. The zero-order chi connectivity index (χ0) is 23.7. The van der Waals surface area contributed by atoms with Gasteiger partial charge in [0.15, 0.2) is 18.1 Å². The Balaban J connectivity index is 2.10. The summed E-state index contributed by atoms with van der Waals surface area (Å²) < 4.78 is 16.1. The number of nitrogens with zero attached hydrogens (tertiary/aromatic N) is 1. The van der Waals surface area contributed by atoms with Crippen LogP contribution in [0.15, 0.2) is 48.6 Å². The molecule has 0 bridgehead atoms. The van der Waals surface area contributed by atoms with Gasteiger partial charge in [0.05, 0.1) is 7.11 Å². The first kappa shape index (κ1) is 24.5. The van der Waals surface area contributed by atoms with Crippen molar-refractivity contribution in [2.24, 2.45) is 0 Å². The summed E-state index contributed by atoms with van der Waals surface area (Å²) in [6, 6.07) is 9.98. The van der Waals surface area contributed by atoms with Crippen LogP contribution in [0.25, 0.3) is 6.08 Å². The first-order valence-electron chi connectivity index (χ1n) is 9.58. The van der Waals surface area contributed by atoms with E-state index in [1.54, 1.807) is 24.3 Å². The molecule has 2 aromatic rings. The first-order valence-corrected chi connectivity index (χ1v) is 9.96. The quantitative estimate of drug-likeness (QED) is 0.201. The molecule has 0 spiro atoms. The molecule has 7 nitrogen and oxygen atoms in total. The van der Waals surface area contributed by atoms with Gasteiger partial charge in [-0.25, -0.2) is 4.79 Å². The Hall–Kier alpha value is -3.76. The highest BCUT2D eigenvalue weighted by molar-refractivity contribution is 6.32. The van der Waals surface area contributed by atoms with Gasteiger partial charge in [0.25, 0.3) is 5.91 Å². The molecule has 0 aliphatic carbocycles. The lowest BCUT2D eigenvalue weighted by molar-refractivity contribution is -0.136. The lowest BCUT2D eigenvalue weighted by Crippen LogP contribution is -2.24. The van der Waals surface area contributed by atoms with Crippen LogP contribution in [-0.2, 0) is 9.59 Å². The fraction of sp³-hybridized carbons (Fsp3) is 0.208. The van der Waals surface area contributed by atoms with Crippen molar-refractivity contribution in [2.75, 3.05) is 20.3 Å². The number of aryl methyl sites for hydroxylation is 2. The van der Waals surface area contributed by atoms with Crippen LogP contribution in [0.2, 0.25) is 5.02 Å². The Morgan fingerprint density at radius 2 is 1.88 bits per heavy atom. The van der Waals surface area contributed by atoms with Gasteiger partial charge < -0.3 is 19.5 Å². The number of rotatable bonds is 9. The minimum Gasteiger partial charge on any atom is -0.493 e. The Morgan fingerprint density at radius 3 is 2.47 bits per heavy atom. The van der Waals surface area contributed by atoms with Gasteiger partial charge in [-0.1, -0.05) is 23.7 Å². The second kappa shape index (κ2) is 11.6. The molecule has 166 valence electrons. The molecule has 0 aliphatic rings. The minimum absolute atomic E-state index is 0.0828. The third-order valence-electron chi connectivity index (χ3n) is 4.26. The van der Waals surface area contributed by atoms with Crippen molar-refractivity contribution >= 4 is 29.6 Å². The van der Waals surface area contributed by atoms with Gasteiger partial charge in [0.2, 0.25) is 0 Å². The van der Waals surface area contributed by atoms with Crippen LogP contribution in [0.1, 0.15) is 16.7 Å². The van der Waals surface area contributed by atoms with Gasteiger partial charge in [-0.15, -0.1) is 6.58 Å². The van der Waals surface area contributed by atoms with Gasteiger partial charge in [-0.3, -0.25) is 4.79 Å². The average molecular weight is 455 g/mol. The number of ether oxygens (including phenoxy) is 3. The third kappa shape index (κ3) is 6.62. The summed E-state index contributed by atoms with van der Waals surface area (Å²) >= 11 is 6.14. The lowest BCUT2D eigenvalue weighted by Gasteiger charge is -2.12. The average Bonchev–Trinajstić information content (AvgIpc) is 2.78. The molecule has 2 rings (SSSR count). The largest absolute Gasteiger partial charge is 0.493 e. The molecular formula is C24H23ClN2O5. The summed E-state index contributed by atoms with van der Waals surface area (Å²) in [6.45, 7) is 7.14. The van der Waals surface area contributed by atoms with Crippen LogP contribution in [0.3, 0.4) is 0 Å². The summed E-state index contributed by atoms with van der Waals surface area (Å²) in [6.07, 6.45) is 2.92. The fourth-order valence-electron chi connectivity index (χ4n) is 2.72. The molecule has 1 amide bonds. The molecule has 32 heavy (non-hydrogen) atoms. The predicted molar refractivity (Wildman–Crippen MR) is 122 cm³/mol. The van der Waals surface area contributed by atoms with Gasteiger partial charge in [-0.2, -0.15) is 5.26 Å². The summed E-state index contributed by atoms with van der Waals surface area (Å²) in [5.41, 5.74) is 2.13. The van der Waals surface area contributed by atoms with Crippen molar-refractivity contribution in [3.8, 4) is 23.3 Å². The number of carbonyl (C=O) groups excluding carboxylic acids is 2. The molecule has 2 aromatic carbocycles. The molecule has 0 unspecified atom stereocenters. The van der Waals surface area contributed by atoms with Crippen LogP contribution >= 0.6 is 11.6 Å². The molecule has 0 aromatic heterocycles. The van der Waals surface area contributed by atoms with Gasteiger partial charge in [-0.05, 0) is 60.9 Å². The summed E-state index contributed by atoms with van der Waals surface area (Å²) in [7, 11) is 1.41. The van der Waals surface area contributed by atoms with Crippen molar-refractivity contribution in [3.63, 3.8) is 0 Å². The molecule has 0 saturated heterocycles. The first-order chi connectivity index (χ1) is 15.3. The van der Waals surface area contributed by atoms with Gasteiger partial charge in [0.1, 0.15) is 17.4 Å². The smallest absolute Gasteiger partial charge is 0.349 e. The molecule has 8 heteroatoms. The summed E-state index contributed by atoms with van der Waals surface area (Å²) in [4.78, 5) is 24.2. The standard InChI is InChI=1S/C24H23ClN2O5/c1-5-8-27-24(29)18(13-26)11-17-6-7-20(21(12-17)30-4)32-22(28)14-31-19-9-15(2)23(25)16(3)10-19/h5-7,9-12H,1,8,14H2,2-4H3,(H,27,29). The van der Waals surface area contributed by atoms with Crippen LogP contribution in [0, 0.1) is 25.2 Å². The van der Waals surface area contributed by atoms with E-state index >= 15 is 0 Å². The number of amides is 1. The van der Waals surface area contributed by atoms with Gasteiger partial charge in [0, 0.05) is 11.6 Å². The number of benzene rings is 2. The molecule has 0 atom stereocenters. The van der Waals surface area contributed by atoms with E-state index < -0.39 is 11.9 Å². The molecule has 0 fully saturated rings. The predicted octanol–water partition coefficient (Wildman–Crippen LogP) is 4.16. The van der Waals surface area contributed by atoms with Crippen molar-refractivity contribution in [2.45, 2.75) is 13.8 Å². The second-order valence-corrected chi connectivity index (χ2v) is 7.09. The number of esters is 1. The Kier molecular flexibility index (Phi) is 8.87. The number of nitriles is 1. The van der Waals surface area contributed by atoms with E-state index in [4.69, 9.17) is 25.8 Å². The highest BCUT2D eigenvalue weighted by atomic mass is 35.5. The number of hydrogen-bond donors (Lipinski definition) is 1. The van der Waals surface area contributed by atoms with E-state index in [0.717, 1.165) is 11.1 Å². The molecular weight excluding hydrogens is 432 g/mol. The van der Waals surface area contributed by atoms with Crippen LogP contribution in [-0.4, -0.2) is 32.1 Å². The number of halogens is 1. The third-order valence-corrected chi connectivity index (χ3v) is 4.86. The molecule has 0 radical (unpaired) electrons.